The molecule has 1 fully saturated rings. The standard InChI is InChI=1S/C31H28F3NO2.CH4O3S/c1-2-37-30(36)26-18-25-17-24(21-7-10-27(11-8-21)31(32,33)34)9-12-28(25)29(19-26)23-5-3-20(4-6-23)22-13-15-35-16-14-22;1-5(2,3)4/h3-12,17-19,22,35H,2,13-16H2,1H3;1H3,(H,2,3,4). The molecule has 1 aliphatic rings. The van der Waals surface area contributed by atoms with Crippen molar-refractivity contribution in [1.82, 2.24) is 5.32 Å². The van der Waals surface area contributed by atoms with E-state index >= 15 is 0 Å². The van der Waals surface area contributed by atoms with Crippen molar-refractivity contribution in [2.45, 2.75) is 31.9 Å². The number of carbonyl (C=O) groups is 1. The van der Waals surface area contributed by atoms with E-state index in [0.717, 1.165) is 65.5 Å². The summed E-state index contributed by atoms with van der Waals surface area (Å²) < 4.78 is 70.2. The van der Waals surface area contributed by atoms with Gasteiger partial charge < -0.3 is 10.1 Å². The summed E-state index contributed by atoms with van der Waals surface area (Å²) in [5.41, 5.74) is 4.43. The summed E-state index contributed by atoms with van der Waals surface area (Å²) in [5.74, 6) is 0.140. The van der Waals surface area contributed by atoms with Gasteiger partial charge in [0.15, 0.2) is 0 Å². The fraction of sp³-hybridized carbons (Fsp3) is 0.281. The number of fused-ring (bicyclic) bond motifs is 1. The largest absolute Gasteiger partial charge is 0.462 e. The molecule has 10 heteroatoms. The Morgan fingerprint density at radius 1 is 0.905 bits per heavy atom. The number of piperidine rings is 1. The van der Waals surface area contributed by atoms with Crippen LogP contribution < -0.4 is 5.32 Å². The molecule has 4 aromatic rings. The Kier molecular flexibility index (Phi) is 9.71. The van der Waals surface area contributed by atoms with E-state index in [-0.39, 0.29) is 6.61 Å². The second-order valence-electron chi connectivity index (χ2n) is 10.1. The van der Waals surface area contributed by atoms with Crippen LogP contribution in [0.15, 0.2) is 78.9 Å². The van der Waals surface area contributed by atoms with Crippen LogP contribution in [-0.4, -0.2) is 44.9 Å². The zero-order chi connectivity index (χ0) is 30.5. The van der Waals surface area contributed by atoms with Gasteiger partial charge in [0.1, 0.15) is 0 Å². The van der Waals surface area contributed by atoms with Crippen LogP contribution in [0.5, 0.6) is 0 Å². The van der Waals surface area contributed by atoms with Crippen LogP contribution in [0.4, 0.5) is 13.2 Å². The minimum absolute atomic E-state index is 0.267. The van der Waals surface area contributed by atoms with E-state index in [1.807, 2.05) is 24.3 Å². The van der Waals surface area contributed by atoms with Gasteiger partial charge in [-0.3, -0.25) is 4.55 Å². The molecule has 1 saturated heterocycles. The molecule has 0 radical (unpaired) electrons. The first-order valence-corrected chi connectivity index (χ1v) is 15.3. The van der Waals surface area contributed by atoms with Gasteiger partial charge in [-0.05, 0) is 108 Å². The van der Waals surface area contributed by atoms with E-state index in [1.54, 1.807) is 13.0 Å². The Morgan fingerprint density at radius 3 is 2.05 bits per heavy atom. The highest BCUT2D eigenvalue weighted by molar-refractivity contribution is 7.85. The quantitative estimate of drug-likeness (QED) is 0.184. The van der Waals surface area contributed by atoms with Crippen LogP contribution in [0.2, 0.25) is 0 Å². The number of rotatable bonds is 5. The molecular weight excluding hydrogens is 567 g/mol. The maximum atomic E-state index is 13.0. The Labute approximate surface area is 243 Å². The molecule has 6 nitrogen and oxygen atoms in total. The van der Waals surface area contributed by atoms with Crippen LogP contribution >= 0.6 is 0 Å². The SMILES string of the molecule is CCOC(=O)c1cc(-c2ccc(C3CCNCC3)cc2)c2ccc(-c3ccc(C(F)(F)F)cc3)cc2c1.CS(=O)(=O)O. The summed E-state index contributed by atoms with van der Waals surface area (Å²) in [4.78, 5) is 12.7. The highest BCUT2D eigenvalue weighted by atomic mass is 32.2. The Morgan fingerprint density at radius 2 is 1.48 bits per heavy atom. The Balaban J connectivity index is 0.000000748. The third kappa shape index (κ3) is 8.18. The maximum absolute atomic E-state index is 13.0. The van der Waals surface area contributed by atoms with E-state index in [9.17, 15) is 26.4 Å². The summed E-state index contributed by atoms with van der Waals surface area (Å²) in [6, 6.07) is 23.1. The number of hydrogen-bond acceptors (Lipinski definition) is 5. The van der Waals surface area contributed by atoms with Crippen molar-refractivity contribution in [2.75, 3.05) is 26.0 Å². The van der Waals surface area contributed by atoms with Crippen molar-refractivity contribution in [3.05, 3.63) is 95.6 Å². The van der Waals surface area contributed by atoms with Crippen LogP contribution in [0.3, 0.4) is 0 Å². The van der Waals surface area contributed by atoms with Crippen LogP contribution in [0.25, 0.3) is 33.0 Å². The van der Waals surface area contributed by atoms with Gasteiger partial charge in [0.25, 0.3) is 10.1 Å². The molecule has 0 bridgehead atoms. The van der Waals surface area contributed by atoms with Gasteiger partial charge in [-0.2, -0.15) is 21.6 Å². The lowest BCUT2D eigenvalue weighted by atomic mass is 9.88. The molecule has 0 atom stereocenters. The van der Waals surface area contributed by atoms with Gasteiger partial charge in [-0.15, -0.1) is 0 Å². The third-order valence-electron chi connectivity index (χ3n) is 7.04. The van der Waals surface area contributed by atoms with Crippen molar-refractivity contribution in [3.8, 4) is 22.3 Å². The number of benzene rings is 4. The van der Waals surface area contributed by atoms with Gasteiger partial charge in [-0.1, -0.05) is 48.5 Å². The monoisotopic (exact) mass is 599 g/mol. The molecule has 1 aliphatic heterocycles. The summed E-state index contributed by atoms with van der Waals surface area (Å²) in [5, 5.41) is 5.18. The average Bonchev–Trinajstić information content (AvgIpc) is 2.96. The molecule has 0 spiro atoms. The summed E-state index contributed by atoms with van der Waals surface area (Å²) in [7, 11) is -3.67. The molecule has 0 aliphatic carbocycles. The average molecular weight is 600 g/mol. The molecule has 4 aromatic carbocycles. The van der Waals surface area contributed by atoms with Gasteiger partial charge >= 0.3 is 12.1 Å². The molecule has 42 heavy (non-hydrogen) atoms. The third-order valence-corrected chi connectivity index (χ3v) is 7.04. The molecule has 1 heterocycles. The first-order chi connectivity index (χ1) is 19.8. The molecular formula is C32H32F3NO5S. The lowest BCUT2D eigenvalue weighted by Gasteiger charge is -2.23. The Bertz CT molecular complexity index is 1640. The predicted octanol–water partition coefficient (Wildman–Crippen LogP) is 7.34. The minimum atomic E-state index is -4.38. The second kappa shape index (κ2) is 13.1. The molecule has 2 N–H and O–H groups in total. The van der Waals surface area contributed by atoms with Gasteiger partial charge in [0.2, 0.25) is 0 Å². The Hall–Kier alpha value is -3.73. The fourth-order valence-electron chi connectivity index (χ4n) is 5.06. The van der Waals surface area contributed by atoms with Gasteiger partial charge in [-0.25, -0.2) is 4.79 Å². The summed E-state index contributed by atoms with van der Waals surface area (Å²) in [6.07, 6.45) is -1.43. The number of carbonyl (C=O) groups excluding carboxylic acids is 1. The fourth-order valence-corrected chi connectivity index (χ4v) is 5.06. The topological polar surface area (TPSA) is 92.7 Å². The van der Waals surface area contributed by atoms with Crippen molar-refractivity contribution >= 4 is 26.9 Å². The first-order valence-electron chi connectivity index (χ1n) is 13.5. The molecule has 0 amide bonds. The maximum Gasteiger partial charge on any atom is 0.416 e. The number of esters is 1. The molecule has 222 valence electrons. The number of alkyl halides is 3. The summed E-state index contributed by atoms with van der Waals surface area (Å²) in [6.45, 7) is 4.09. The van der Waals surface area contributed by atoms with Crippen LogP contribution in [0.1, 0.15) is 47.2 Å². The van der Waals surface area contributed by atoms with Crippen LogP contribution in [-0.2, 0) is 21.0 Å². The molecule has 0 aromatic heterocycles. The van der Waals surface area contributed by atoms with Crippen molar-refractivity contribution < 1.29 is 35.7 Å². The van der Waals surface area contributed by atoms with Crippen molar-refractivity contribution in [1.29, 1.82) is 0 Å². The van der Waals surface area contributed by atoms with Crippen LogP contribution in [0, 0.1) is 0 Å². The van der Waals surface area contributed by atoms with Crippen molar-refractivity contribution in [3.63, 3.8) is 0 Å². The number of ether oxygens (including phenoxy) is 1. The first kappa shape index (κ1) is 31.2. The summed E-state index contributed by atoms with van der Waals surface area (Å²) >= 11 is 0. The zero-order valence-electron chi connectivity index (χ0n) is 23.2. The second-order valence-corrected chi connectivity index (χ2v) is 11.6. The molecule has 5 rings (SSSR count). The highest BCUT2D eigenvalue weighted by Gasteiger charge is 2.30. The van der Waals surface area contributed by atoms with Gasteiger partial charge in [0.05, 0.1) is 24.0 Å². The number of nitrogens with one attached hydrogen (secondary N) is 1. The number of halogens is 3. The van der Waals surface area contributed by atoms with E-state index in [4.69, 9.17) is 9.29 Å². The zero-order valence-corrected chi connectivity index (χ0v) is 24.1. The van der Waals surface area contributed by atoms with Crippen molar-refractivity contribution in [2.24, 2.45) is 0 Å². The molecule has 0 saturated carbocycles. The van der Waals surface area contributed by atoms with Gasteiger partial charge in [0, 0.05) is 0 Å². The minimum Gasteiger partial charge on any atom is -0.462 e. The van der Waals surface area contributed by atoms with E-state index in [0.29, 0.717) is 23.3 Å². The normalized spacial score (nSPS) is 14.2. The predicted molar refractivity (Wildman–Crippen MR) is 158 cm³/mol. The molecule has 0 unspecified atom stereocenters. The lowest BCUT2D eigenvalue weighted by Crippen LogP contribution is -2.26. The smallest absolute Gasteiger partial charge is 0.416 e. The van der Waals surface area contributed by atoms with E-state index < -0.39 is 27.8 Å². The van der Waals surface area contributed by atoms with E-state index in [2.05, 4.69) is 29.6 Å². The van der Waals surface area contributed by atoms with E-state index in [1.165, 1.54) is 17.7 Å². The highest BCUT2D eigenvalue weighted by Crippen LogP contribution is 2.36. The number of hydrogen-bond donors (Lipinski definition) is 2. The lowest BCUT2D eigenvalue weighted by molar-refractivity contribution is -0.137.